The van der Waals surface area contributed by atoms with Gasteiger partial charge in [0, 0.05) is 24.6 Å². The number of benzene rings is 1. The lowest BCUT2D eigenvalue weighted by molar-refractivity contribution is -0.384. The van der Waals surface area contributed by atoms with E-state index in [4.69, 9.17) is 11.6 Å². The summed E-state index contributed by atoms with van der Waals surface area (Å²) in [6.07, 6.45) is 0.389. The topological polar surface area (TPSA) is 114 Å². The summed E-state index contributed by atoms with van der Waals surface area (Å²) in [5.74, 6) is -0.787. The highest BCUT2D eigenvalue weighted by Crippen LogP contribution is 2.27. The van der Waals surface area contributed by atoms with Crippen LogP contribution in [0.25, 0.3) is 0 Å². The molecule has 1 aliphatic rings. The SMILES string of the molecule is O=C1CCC(C(=O)Nc2ccc(Cl)c([N+](=O)[O-])c2)=NN1. The molecule has 104 valence electrons. The Morgan fingerprint density at radius 1 is 1.45 bits per heavy atom. The number of nitro groups is 1. The molecule has 20 heavy (non-hydrogen) atoms. The van der Waals surface area contributed by atoms with Crippen LogP contribution in [0.3, 0.4) is 0 Å². The van der Waals surface area contributed by atoms with Crippen molar-refractivity contribution in [2.45, 2.75) is 12.8 Å². The summed E-state index contributed by atoms with van der Waals surface area (Å²) in [6, 6.07) is 3.91. The molecule has 0 bridgehead atoms. The van der Waals surface area contributed by atoms with E-state index in [0.717, 1.165) is 6.07 Å². The van der Waals surface area contributed by atoms with E-state index in [1.54, 1.807) is 0 Å². The fourth-order valence-corrected chi connectivity index (χ4v) is 1.76. The molecule has 0 saturated heterocycles. The van der Waals surface area contributed by atoms with Crippen LogP contribution < -0.4 is 10.7 Å². The van der Waals surface area contributed by atoms with Crippen molar-refractivity contribution in [3.63, 3.8) is 0 Å². The highest BCUT2D eigenvalue weighted by atomic mass is 35.5. The molecule has 0 aliphatic carbocycles. The molecule has 0 unspecified atom stereocenters. The second kappa shape index (κ2) is 5.66. The van der Waals surface area contributed by atoms with Crippen LogP contribution in [0.15, 0.2) is 23.3 Å². The van der Waals surface area contributed by atoms with E-state index in [0.29, 0.717) is 0 Å². The Kier molecular flexibility index (Phi) is 3.94. The van der Waals surface area contributed by atoms with Crippen molar-refractivity contribution in [2.24, 2.45) is 5.10 Å². The van der Waals surface area contributed by atoms with E-state index in [1.165, 1.54) is 12.1 Å². The van der Waals surface area contributed by atoms with Crippen LogP contribution in [0.2, 0.25) is 5.02 Å². The number of hydrogen-bond acceptors (Lipinski definition) is 5. The van der Waals surface area contributed by atoms with E-state index in [1.807, 2.05) is 0 Å². The Balaban J connectivity index is 2.14. The Labute approximate surface area is 117 Å². The summed E-state index contributed by atoms with van der Waals surface area (Å²) in [7, 11) is 0. The number of nitro benzene ring substituents is 1. The highest BCUT2D eigenvalue weighted by Gasteiger charge is 2.19. The number of hydrazone groups is 1. The summed E-state index contributed by atoms with van der Waals surface area (Å²) >= 11 is 5.67. The number of anilines is 1. The van der Waals surface area contributed by atoms with Gasteiger partial charge in [0.1, 0.15) is 10.7 Å². The van der Waals surface area contributed by atoms with Gasteiger partial charge in [-0.3, -0.25) is 19.7 Å². The van der Waals surface area contributed by atoms with Crippen LogP contribution in [0.4, 0.5) is 11.4 Å². The molecule has 1 heterocycles. The number of carbonyl (C=O) groups excluding carboxylic acids is 2. The summed E-state index contributed by atoms with van der Waals surface area (Å²) in [6.45, 7) is 0. The van der Waals surface area contributed by atoms with Gasteiger partial charge in [-0.15, -0.1) is 0 Å². The maximum absolute atomic E-state index is 11.8. The number of nitrogens with zero attached hydrogens (tertiary/aromatic N) is 2. The minimum Gasteiger partial charge on any atom is -0.321 e. The summed E-state index contributed by atoms with van der Waals surface area (Å²) < 4.78 is 0. The molecule has 1 aromatic rings. The first-order valence-corrected chi connectivity index (χ1v) is 5.96. The van der Waals surface area contributed by atoms with Crippen molar-refractivity contribution in [3.8, 4) is 0 Å². The molecule has 0 aromatic heterocycles. The molecular weight excluding hydrogens is 288 g/mol. The van der Waals surface area contributed by atoms with Gasteiger partial charge in [-0.05, 0) is 12.1 Å². The predicted molar refractivity (Wildman–Crippen MR) is 71.5 cm³/mol. The molecule has 0 atom stereocenters. The van der Waals surface area contributed by atoms with Gasteiger partial charge in [0.2, 0.25) is 5.91 Å². The van der Waals surface area contributed by atoms with Gasteiger partial charge in [0.25, 0.3) is 11.6 Å². The fourth-order valence-electron chi connectivity index (χ4n) is 1.57. The van der Waals surface area contributed by atoms with Crippen molar-refractivity contribution >= 4 is 40.5 Å². The van der Waals surface area contributed by atoms with Crippen molar-refractivity contribution in [1.29, 1.82) is 0 Å². The Bertz CT molecular complexity index is 629. The molecule has 1 aliphatic heterocycles. The zero-order valence-corrected chi connectivity index (χ0v) is 10.8. The number of amides is 2. The Morgan fingerprint density at radius 3 is 2.80 bits per heavy atom. The molecule has 2 N–H and O–H groups in total. The van der Waals surface area contributed by atoms with Gasteiger partial charge in [-0.25, -0.2) is 5.43 Å². The average Bonchev–Trinajstić information content (AvgIpc) is 2.41. The first kappa shape index (κ1) is 13.9. The minimum absolute atomic E-state index is 0.0183. The van der Waals surface area contributed by atoms with Crippen LogP contribution in [-0.4, -0.2) is 22.4 Å². The zero-order valence-electron chi connectivity index (χ0n) is 10.1. The first-order chi connectivity index (χ1) is 9.47. The van der Waals surface area contributed by atoms with Gasteiger partial charge < -0.3 is 5.32 Å². The second-order valence-electron chi connectivity index (χ2n) is 3.97. The third-order valence-corrected chi connectivity index (χ3v) is 2.89. The van der Waals surface area contributed by atoms with E-state index in [9.17, 15) is 19.7 Å². The molecular formula is C11H9ClN4O4. The van der Waals surface area contributed by atoms with E-state index >= 15 is 0 Å². The number of halogens is 1. The molecule has 8 nitrogen and oxygen atoms in total. The standard InChI is InChI=1S/C11H9ClN4O4/c12-7-2-1-6(5-9(7)16(19)20)13-11(18)8-3-4-10(17)15-14-8/h1-2,5H,3-4H2,(H,13,18)(H,15,17). The quantitative estimate of drug-likeness (QED) is 0.649. The van der Waals surface area contributed by atoms with E-state index in [2.05, 4.69) is 15.8 Å². The van der Waals surface area contributed by atoms with E-state index in [-0.39, 0.29) is 40.9 Å². The molecule has 2 rings (SSSR count). The lowest BCUT2D eigenvalue weighted by atomic mass is 10.1. The zero-order chi connectivity index (χ0) is 14.7. The van der Waals surface area contributed by atoms with Crippen LogP contribution in [0.5, 0.6) is 0 Å². The third kappa shape index (κ3) is 3.09. The van der Waals surface area contributed by atoms with Crippen LogP contribution >= 0.6 is 11.6 Å². The van der Waals surface area contributed by atoms with Crippen molar-refractivity contribution in [1.82, 2.24) is 5.43 Å². The van der Waals surface area contributed by atoms with Crippen LogP contribution in [0, 0.1) is 10.1 Å². The Hall–Kier alpha value is -2.48. The maximum atomic E-state index is 11.8. The monoisotopic (exact) mass is 296 g/mol. The number of carbonyl (C=O) groups is 2. The highest BCUT2D eigenvalue weighted by molar-refractivity contribution is 6.43. The number of hydrogen-bond donors (Lipinski definition) is 2. The molecule has 0 fully saturated rings. The van der Waals surface area contributed by atoms with Crippen LogP contribution in [-0.2, 0) is 9.59 Å². The largest absolute Gasteiger partial charge is 0.321 e. The molecule has 9 heteroatoms. The normalized spacial score (nSPS) is 14.2. The predicted octanol–water partition coefficient (Wildman–Crippen LogP) is 1.45. The fraction of sp³-hybridized carbons (Fsp3) is 0.182. The van der Waals surface area contributed by atoms with Gasteiger partial charge in [-0.1, -0.05) is 11.6 Å². The molecule has 1 aromatic carbocycles. The average molecular weight is 297 g/mol. The molecule has 0 radical (unpaired) electrons. The van der Waals surface area contributed by atoms with Gasteiger partial charge >= 0.3 is 0 Å². The molecule has 0 saturated carbocycles. The lowest BCUT2D eigenvalue weighted by Gasteiger charge is -2.12. The smallest absolute Gasteiger partial charge is 0.289 e. The first-order valence-electron chi connectivity index (χ1n) is 5.58. The number of nitrogens with one attached hydrogen (secondary N) is 2. The van der Waals surface area contributed by atoms with Crippen molar-refractivity contribution < 1.29 is 14.5 Å². The summed E-state index contributed by atoms with van der Waals surface area (Å²) in [4.78, 5) is 32.8. The number of rotatable bonds is 3. The summed E-state index contributed by atoms with van der Waals surface area (Å²) in [5.41, 5.74) is 2.28. The van der Waals surface area contributed by atoms with Gasteiger partial charge in [0.15, 0.2) is 0 Å². The van der Waals surface area contributed by atoms with Crippen molar-refractivity contribution in [2.75, 3.05) is 5.32 Å². The van der Waals surface area contributed by atoms with Crippen molar-refractivity contribution in [3.05, 3.63) is 33.3 Å². The van der Waals surface area contributed by atoms with E-state index < -0.39 is 10.8 Å². The second-order valence-corrected chi connectivity index (χ2v) is 4.38. The summed E-state index contributed by atoms with van der Waals surface area (Å²) in [5, 5.41) is 16.8. The Morgan fingerprint density at radius 2 is 2.20 bits per heavy atom. The minimum atomic E-state index is -0.643. The molecule has 2 amide bonds. The lowest BCUT2D eigenvalue weighted by Crippen LogP contribution is -2.32. The van der Waals surface area contributed by atoms with Gasteiger partial charge in [0.05, 0.1) is 4.92 Å². The van der Waals surface area contributed by atoms with Gasteiger partial charge in [-0.2, -0.15) is 5.10 Å². The molecule has 0 spiro atoms. The maximum Gasteiger partial charge on any atom is 0.289 e. The third-order valence-electron chi connectivity index (χ3n) is 2.57. The van der Waals surface area contributed by atoms with Crippen LogP contribution in [0.1, 0.15) is 12.8 Å².